The van der Waals surface area contributed by atoms with Crippen LogP contribution in [0.5, 0.6) is 0 Å². The van der Waals surface area contributed by atoms with Gasteiger partial charge in [-0.2, -0.15) is 5.26 Å². The van der Waals surface area contributed by atoms with Crippen LogP contribution < -0.4 is 4.90 Å². The summed E-state index contributed by atoms with van der Waals surface area (Å²) in [5.74, 6) is 0.146. The Morgan fingerprint density at radius 1 is 1.38 bits per heavy atom. The first-order chi connectivity index (χ1) is 11.7. The fraction of sp³-hybridized carbons (Fsp3) is 0.647. The number of carbonyl (C=O) groups excluding carboxylic acids is 1. The van der Waals surface area contributed by atoms with Crippen LogP contribution in [0, 0.1) is 11.3 Å². The summed E-state index contributed by atoms with van der Waals surface area (Å²) in [5.41, 5.74) is 0.604. The van der Waals surface area contributed by atoms with Crippen molar-refractivity contribution < 1.29 is 9.53 Å². The Morgan fingerprint density at radius 2 is 2.12 bits per heavy atom. The van der Waals surface area contributed by atoms with E-state index in [9.17, 15) is 10.1 Å². The average molecular weight is 348 g/mol. The number of ether oxygens (including phenoxy) is 1. The van der Waals surface area contributed by atoms with Crippen LogP contribution in [0.25, 0.3) is 0 Å². The normalized spacial score (nSPS) is 24.3. The molecule has 0 saturated carbocycles. The molecule has 0 N–H and O–H groups in total. The van der Waals surface area contributed by atoms with Gasteiger partial charge in [-0.3, -0.25) is 14.6 Å². The Labute approximate surface area is 147 Å². The molecule has 0 spiro atoms. The molecule has 1 aromatic rings. The number of methoxy groups -OCH3 is 1. The maximum Gasteiger partial charge on any atom is 0.245 e. The maximum atomic E-state index is 12.8. The zero-order valence-corrected chi connectivity index (χ0v) is 15.1. The van der Waals surface area contributed by atoms with Gasteiger partial charge < -0.3 is 9.64 Å². The lowest BCUT2D eigenvalue weighted by atomic mass is 10.1. The molecule has 1 aromatic heterocycles. The number of thiophene rings is 1. The van der Waals surface area contributed by atoms with Crippen molar-refractivity contribution >= 4 is 22.2 Å². The molecule has 2 aliphatic heterocycles. The molecule has 1 amide bonds. The molecular weight excluding hydrogens is 324 g/mol. The monoisotopic (exact) mass is 348 g/mol. The Bertz CT molecular complexity index is 618. The number of nitriles is 1. The molecule has 0 radical (unpaired) electrons. The van der Waals surface area contributed by atoms with Crippen LogP contribution >= 0.6 is 11.3 Å². The third-order valence-electron chi connectivity index (χ3n) is 5.01. The van der Waals surface area contributed by atoms with Crippen LogP contribution in [0.15, 0.2) is 11.4 Å². The number of hydrogen-bond donors (Lipinski definition) is 0. The molecule has 0 aromatic carbocycles. The van der Waals surface area contributed by atoms with E-state index in [4.69, 9.17) is 4.74 Å². The van der Waals surface area contributed by atoms with Gasteiger partial charge in [0, 0.05) is 45.9 Å². The molecule has 3 heterocycles. The van der Waals surface area contributed by atoms with E-state index in [-0.39, 0.29) is 11.9 Å². The van der Waals surface area contributed by atoms with E-state index >= 15 is 0 Å². The molecule has 6 nitrogen and oxygen atoms in total. The molecule has 0 aliphatic carbocycles. The smallest absolute Gasteiger partial charge is 0.245 e. The Hall–Kier alpha value is -1.46. The van der Waals surface area contributed by atoms with Crippen LogP contribution in [0.1, 0.15) is 18.9 Å². The molecule has 2 saturated heterocycles. The van der Waals surface area contributed by atoms with Crippen molar-refractivity contribution in [2.75, 3.05) is 51.3 Å². The second-order valence-corrected chi connectivity index (χ2v) is 7.32. The van der Waals surface area contributed by atoms with Crippen molar-refractivity contribution in [2.24, 2.45) is 0 Å². The first-order valence-electron chi connectivity index (χ1n) is 8.41. The first kappa shape index (κ1) is 17.4. The molecular formula is C17H24N4O2S. The fourth-order valence-electron chi connectivity index (χ4n) is 3.64. The summed E-state index contributed by atoms with van der Waals surface area (Å²) in [7, 11) is 1.73. The zero-order chi connectivity index (χ0) is 17.1. The van der Waals surface area contributed by atoms with Crippen molar-refractivity contribution in [1.82, 2.24) is 9.80 Å². The highest BCUT2D eigenvalue weighted by Gasteiger charge is 2.39. The number of anilines is 1. The predicted molar refractivity (Wildman–Crippen MR) is 94.3 cm³/mol. The molecule has 0 bridgehead atoms. The number of amides is 1. The number of hydrogen-bond acceptors (Lipinski definition) is 6. The van der Waals surface area contributed by atoms with E-state index in [0.717, 1.165) is 44.2 Å². The van der Waals surface area contributed by atoms with Gasteiger partial charge in [-0.05, 0) is 24.8 Å². The van der Waals surface area contributed by atoms with E-state index < -0.39 is 0 Å². The molecule has 2 aliphatic rings. The van der Waals surface area contributed by atoms with E-state index in [2.05, 4.69) is 22.8 Å². The SMILES string of the molecule is COCC(C)N1CCN(C2CCN(c3sccc3C#N)C2=O)CC1. The molecule has 130 valence electrons. The highest BCUT2D eigenvalue weighted by Crippen LogP contribution is 2.32. The average Bonchev–Trinajstić information content (AvgIpc) is 3.21. The Kier molecular flexibility index (Phi) is 5.51. The van der Waals surface area contributed by atoms with Crippen LogP contribution in [0.2, 0.25) is 0 Å². The summed E-state index contributed by atoms with van der Waals surface area (Å²) >= 11 is 1.48. The number of piperazine rings is 1. The topological polar surface area (TPSA) is 59.8 Å². The van der Waals surface area contributed by atoms with Crippen LogP contribution in [-0.4, -0.2) is 74.2 Å². The second kappa shape index (κ2) is 7.62. The van der Waals surface area contributed by atoms with E-state index in [1.54, 1.807) is 18.1 Å². The fourth-order valence-corrected chi connectivity index (χ4v) is 4.52. The third kappa shape index (κ3) is 3.33. The molecule has 2 unspecified atom stereocenters. The number of nitrogens with zero attached hydrogens (tertiary/aromatic N) is 4. The van der Waals surface area contributed by atoms with Crippen molar-refractivity contribution in [2.45, 2.75) is 25.4 Å². The van der Waals surface area contributed by atoms with E-state index in [1.165, 1.54) is 11.3 Å². The Balaban J connectivity index is 1.60. The summed E-state index contributed by atoms with van der Waals surface area (Å²) in [4.78, 5) is 19.4. The van der Waals surface area contributed by atoms with Gasteiger partial charge in [0.05, 0.1) is 18.2 Å². The largest absolute Gasteiger partial charge is 0.383 e. The minimum Gasteiger partial charge on any atom is -0.383 e. The van der Waals surface area contributed by atoms with Gasteiger partial charge >= 0.3 is 0 Å². The lowest BCUT2D eigenvalue weighted by Gasteiger charge is -2.39. The van der Waals surface area contributed by atoms with E-state index in [0.29, 0.717) is 18.2 Å². The summed E-state index contributed by atoms with van der Waals surface area (Å²) in [6, 6.07) is 4.34. The van der Waals surface area contributed by atoms with Crippen LogP contribution in [0.3, 0.4) is 0 Å². The Morgan fingerprint density at radius 3 is 2.79 bits per heavy atom. The van der Waals surface area contributed by atoms with Gasteiger partial charge in [-0.15, -0.1) is 11.3 Å². The van der Waals surface area contributed by atoms with Crippen LogP contribution in [0.4, 0.5) is 5.00 Å². The summed E-state index contributed by atoms with van der Waals surface area (Å²) in [6.07, 6.45) is 0.842. The lowest BCUT2D eigenvalue weighted by molar-refractivity contribution is -0.122. The zero-order valence-electron chi connectivity index (χ0n) is 14.3. The summed E-state index contributed by atoms with van der Waals surface area (Å²) < 4.78 is 5.24. The highest BCUT2D eigenvalue weighted by atomic mass is 32.1. The van der Waals surface area contributed by atoms with Crippen molar-refractivity contribution in [3.8, 4) is 6.07 Å². The van der Waals surface area contributed by atoms with Gasteiger partial charge in [-0.1, -0.05) is 0 Å². The number of rotatable bonds is 5. The second-order valence-electron chi connectivity index (χ2n) is 6.42. The minimum absolute atomic E-state index is 0.0430. The highest BCUT2D eigenvalue weighted by molar-refractivity contribution is 7.14. The maximum absolute atomic E-state index is 12.8. The summed E-state index contributed by atoms with van der Waals surface area (Å²) in [6.45, 7) is 7.39. The molecule has 2 fully saturated rings. The first-order valence-corrected chi connectivity index (χ1v) is 9.29. The van der Waals surface area contributed by atoms with Crippen molar-refractivity contribution in [1.29, 1.82) is 5.26 Å². The third-order valence-corrected chi connectivity index (χ3v) is 5.94. The van der Waals surface area contributed by atoms with Gasteiger partial charge in [0.1, 0.15) is 11.1 Å². The predicted octanol–water partition coefficient (Wildman–Crippen LogP) is 1.38. The van der Waals surface area contributed by atoms with E-state index in [1.807, 2.05) is 5.38 Å². The number of carbonyl (C=O) groups is 1. The molecule has 7 heteroatoms. The van der Waals surface area contributed by atoms with Crippen LogP contribution in [-0.2, 0) is 9.53 Å². The molecule has 2 atom stereocenters. The van der Waals surface area contributed by atoms with Gasteiger partial charge in [0.15, 0.2) is 0 Å². The molecule has 24 heavy (non-hydrogen) atoms. The van der Waals surface area contributed by atoms with Gasteiger partial charge in [0.25, 0.3) is 0 Å². The minimum atomic E-state index is -0.0430. The standard InChI is InChI=1S/C17H24N4O2S/c1-13(12-23-2)19-6-8-20(9-7-19)15-3-5-21(16(15)22)17-14(11-18)4-10-24-17/h4,10,13,15H,3,5-9,12H2,1-2H3. The van der Waals surface area contributed by atoms with Crippen molar-refractivity contribution in [3.05, 3.63) is 17.0 Å². The van der Waals surface area contributed by atoms with Crippen molar-refractivity contribution in [3.63, 3.8) is 0 Å². The lowest BCUT2D eigenvalue weighted by Crippen LogP contribution is -2.55. The van der Waals surface area contributed by atoms with Gasteiger partial charge in [-0.25, -0.2) is 0 Å². The summed E-state index contributed by atoms with van der Waals surface area (Å²) in [5, 5.41) is 11.9. The molecule has 3 rings (SSSR count). The van der Waals surface area contributed by atoms with Gasteiger partial charge in [0.2, 0.25) is 5.91 Å². The quantitative estimate of drug-likeness (QED) is 0.804.